The minimum absolute atomic E-state index is 0.0653. The van der Waals surface area contributed by atoms with Crippen molar-refractivity contribution in [1.82, 2.24) is 20.2 Å². The molecule has 0 aromatic carbocycles. The predicted molar refractivity (Wildman–Crippen MR) is 132 cm³/mol. The van der Waals surface area contributed by atoms with Crippen LogP contribution in [-0.4, -0.2) is 45.8 Å². The van der Waals surface area contributed by atoms with Gasteiger partial charge in [-0.2, -0.15) is 0 Å². The number of fused-ring (bicyclic) bond motifs is 1. The number of hydrogen-bond donors (Lipinski definition) is 1. The van der Waals surface area contributed by atoms with E-state index in [1.165, 1.54) is 11.3 Å². The summed E-state index contributed by atoms with van der Waals surface area (Å²) in [5.41, 5.74) is 0.675. The van der Waals surface area contributed by atoms with Crippen molar-refractivity contribution >= 4 is 28.6 Å². The van der Waals surface area contributed by atoms with Crippen LogP contribution < -0.4 is 5.32 Å². The molecule has 1 amide bonds. The van der Waals surface area contributed by atoms with E-state index in [2.05, 4.69) is 15.2 Å². The maximum atomic E-state index is 13.5. The molecule has 0 bridgehead atoms. The quantitative estimate of drug-likeness (QED) is 0.554. The lowest BCUT2D eigenvalue weighted by atomic mass is 9.68. The summed E-state index contributed by atoms with van der Waals surface area (Å²) in [5, 5.41) is 5.13. The molecule has 5 nitrogen and oxygen atoms in total. The molecule has 2 aliphatic carbocycles. The number of nitrogens with zero attached hydrogens (tertiary/aromatic N) is 3. The fraction of sp³-hybridized carbons (Fsp3) is 0.720. The van der Waals surface area contributed by atoms with Gasteiger partial charge in [0.2, 0.25) is 11.8 Å². The first-order valence-corrected chi connectivity index (χ1v) is 14.1. The van der Waals surface area contributed by atoms with E-state index in [4.69, 9.17) is 4.98 Å². The van der Waals surface area contributed by atoms with Crippen molar-refractivity contribution in [3.63, 3.8) is 0 Å². The Hall–Kier alpha value is -1.45. The number of carbonyl (C=O) groups excluding carboxylic acids is 1. The second kappa shape index (κ2) is 9.54. The van der Waals surface area contributed by atoms with E-state index in [0.29, 0.717) is 18.4 Å². The molecule has 2 fully saturated rings. The summed E-state index contributed by atoms with van der Waals surface area (Å²) >= 11 is 3.26. The highest BCUT2D eigenvalue weighted by Crippen LogP contribution is 2.54. The van der Waals surface area contributed by atoms with Crippen molar-refractivity contribution in [3.8, 4) is 0 Å². The van der Waals surface area contributed by atoms with E-state index in [9.17, 15) is 13.6 Å². The Morgan fingerprint density at radius 3 is 2.68 bits per heavy atom. The molecule has 34 heavy (non-hydrogen) atoms. The van der Waals surface area contributed by atoms with Gasteiger partial charge in [0.25, 0.3) is 0 Å². The van der Waals surface area contributed by atoms with Gasteiger partial charge < -0.3 is 5.32 Å². The highest BCUT2D eigenvalue weighted by atomic mass is 32.1. The zero-order valence-electron chi connectivity index (χ0n) is 20.0. The molecule has 2 aromatic rings. The molecule has 0 atom stereocenters. The van der Waals surface area contributed by atoms with Crippen molar-refractivity contribution in [2.45, 2.75) is 95.6 Å². The van der Waals surface area contributed by atoms with Gasteiger partial charge in [-0.15, -0.1) is 22.7 Å². The van der Waals surface area contributed by atoms with Crippen LogP contribution >= 0.6 is 22.7 Å². The van der Waals surface area contributed by atoms with Crippen LogP contribution in [0.5, 0.6) is 0 Å². The molecule has 2 saturated carbocycles. The largest absolute Gasteiger partial charge is 0.353 e. The number of aryl methyl sites for hydroxylation is 1. The summed E-state index contributed by atoms with van der Waals surface area (Å²) < 4.78 is 26.9. The van der Waals surface area contributed by atoms with E-state index in [1.54, 1.807) is 28.9 Å². The first kappa shape index (κ1) is 24.3. The van der Waals surface area contributed by atoms with E-state index in [-0.39, 0.29) is 18.7 Å². The third-order valence-corrected chi connectivity index (χ3v) is 10.1. The summed E-state index contributed by atoms with van der Waals surface area (Å²) in [4.78, 5) is 26.2. The van der Waals surface area contributed by atoms with E-state index < -0.39 is 11.3 Å². The van der Waals surface area contributed by atoms with Crippen molar-refractivity contribution in [1.29, 1.82) is 0 Å². The molecule has 0 saturated heterocycles. The lowest BCUT2D eigenvalue weighted by Gasteiger charge is -2.43. The van der Waals surface area contributed by atoms with Crippen LogP contribution in [0.3, 0.4) is 0 Å². The van der Waals surface area contributed by atoms with Crippen LogP contribution in [0.4, 0.5) is 8.78 Å². The fourth-order valence-electron chi connectivity index (χ4n) is 5.83. The van der Waals surface area contributed by atoms with Crippen LogP contribution in [0.15, 0.2) is 6.20 Å². The Kier molecular flexibility index (Phi) is 6.81. The number of amides is 1. The number of nitrogens with one attached hydrogen (secondary N) is 1. The molecule has 3 aliphatic rings. The summed E-state index contributed by atoms with van der Waals surface area (Å²) in [6, 6.07) is 0.295. The monoisotopic (exact) mass is 508 g/mol. The topological polar surface area (TPSA) is 58.1 Å². The second-order valence-electron chi connectivity index (χ2n) is 10.8. The van der Waals surface area contributed by atoms with E-state index >= 15 is 0 Å². The molecule has 0 unspecified atom stereocenters. The number of halogens is 2. The Morgan fingerprint density at radius 2 is 2.00 bits per heavy atom. The van der Waals surface area contributed by atoms with Crippen molar-refractivity contribution in [2.24, 2.45) is 5.92 Å². The summed E-state index contributed by atoms with van der Waals surface area (Å²) in [7, 11) is 0. The van der Waals surface area contributed by atoms with Crippen LogP contribution in [0, 0.1) is 12.8 Å². The lowest BCUT2D eigenvalue weighted by molar-refractivity contribution is -0.122. The average molecular weight is 509 g/mol. The molecule has 9 heteroatoms. The maximum absolute atomic E-state index is 13.5. The molecular weight excluding hydrogens is 474 g/mol. The molecule has 5 rings (SSSR count). The van der Waals surface area contributed by atoms with Crippen molar-refractivity contribution < 1.29 is 13.6 Å². The van der Waals surface area contributed by atoms with Gasteiger partial charge in [-0.05, 0) is 57.9 Å². The van der Waals surface area contributed by atoms with Gasteiger partial charge in [0.05, 0.1) is 22.1 Å². The normalized spacial score (nSPS) is 26.0. The third-order valence-electron chi connectivity index (χ3n) is 7.69. The van der Waals surface area contributed by atoms with Crippen LogP contribution in [0.2, 0.25) is 0 Å². The van der Waals surface area contributed by atoms with Gasteiger partial charge in [0.15, 0.2) is 0 Å². The zero-order chi connectivity index (χ0) is 23.9. The van der Waals surface area contributed by atoms with Gasteiger partial charge in [-0.1, -0.05) is 6.92 Å². The molecular formula is C25H34F2N4OS2. The van der Waals surface area contributed by atoms with Gasteiger partial charge in [0.1, 0.15) is 0 Å². The number of thiazole rings is 2. The highest BCUT2D eigenvalue weighted by Gasteiger charge is 2.56. The van der Waals surface area contributed by atoms with E-state index in [1.807, 2.05) is 13.8 Å². The van der Waals surface area contributed by atoms with Gasteiger partial charge >= 0.3 is 0 Å². The Bertz CT molecular complexity index is 1020. The average Bonchev–Trinajstić information content (AvgIpc) is 3.37. The smallest absolute Gasteiger partial charge is 0.250 e. The van der Waals surface area contributed by atoms with Crippen molar-refractivity contribution in [3.05, 3.63) is 31.7 Å². The van der Waals surface area contributed by atoms with Gasteiger partial charge in [-0.3, -0.25) is 9.69 Å². The number of aromatic nitrogens is 2. The van der Waals surface area contributed by atoms with Crippen LogP contribution in [-0.2, 0) is 29.6 Å². The second-order valence-corrected chi connectivity index (χ2v) is 13.2. The number of alkyl halides is 2. The van der Waals surface area contributed by atoms with Gasteiger partial charge in [0, 0.05) is 53.3 Å². The Balaban J connectivity index is 1.03. The minimum atomic E-state index is -2.52. The SMILES string of the molecule is Cc1ncc(CC(=O)N[C@H]2CC[C@H](CCN3CCc4sc(C5(C)CC(F)(F)C5)nc4C3)CC2)s1. The van der Waals surface area contributed by atoms with E-state index in [0.717, 1.165) is 72.3 Å². The molecule has 1 N–H and O–H groups in total. The fourth-order valence-corrected chi connectivity index (χ4v) is 7.82. The molecule has 1 aliphatic heterocycles. The third kappa shape index (κ3) is 5.51. The Labute approximate surface area is 208 Å². The molecule has 0 radical (unpaired) electrons. The standard InChI is InChI=1S/C25H34F2N4OS2/c1-16-28-12-19(33-16)11-22(32)29-18-5-3-17(4-6-18)7-9-31-10-8-21-20(13-31)30-23(34-21)24(2)14-25(26,27)15-24/h12,17-18H,3-11,13-15H2,1-2H3,(H,29,32)/t17-,18-. The van der Waals surface area contributed by atoms with Crippen LogP contribution in [0.1, 0.15) is 77.3 Å². The number of carbonyl (C=O) groups is 1. The molecule has 0 spiro atoms. The Morgan fingerprint density at radius 1 is 1.24 bits per heavy atom. The minimum Gasteiger partial charge on any atom is -0.353 e. The molecule has 3 heterocycles. The first-order chi connectivity index (χ1) is 16.2. The number of hydrogen-bond acceptors (Lipinski definition) is 6. The predicted octanol–water partition coefficient (Wildman–Crippen LogP) is 5.26. The van der Waals surface area contributed by atoms with Gasteiger partial charge in [-0.25, -0.2) is 18.7 Å². The molecule has 2 aromatic heterocycles. The number of rotatable bonds is 7. The first-order valence-electron chi connectivity index (χ1n) is 12.5. The highest BCUT2D eigenvalue weighted by molar-refractivity contribution is 7.12. The van der Waals surface area contributed by atoms with Crippen LogP contribution in [0.25, 0.3) is 0 Å². The zero-order valence-corrected chi connectivity index (χ0v) is 21.7. The summed E-state index contributed by atoms with van der Waals surface area (Å²) in [6.07, 6.45) is 8.71. The lowest BCUT2D eigenvalue weighted by Crippen LogP contribution is -2.47. The summed E-state index contributed by atoms with van der Waals surface area (Å²) in [6.45, 7) is 6.84. The van der Waals surface area contributed by atoms with Crippen molar-refractivity contribution in [2.75, 3.05) is 13.1 Å². The maximum Gasteiger partial charge on any atom is 0.250 e. The molecule has 186 valence electrons. The summed E-state index contributed by atoms with van der Waals surface area (Å²) in [5.74, 6) is -1.70.